The highest BCUT2D eigenvalue weighted by atomic mass is 35.5. The predicted octanol–water partition coefficient (Wildman–Crippen LogP) is 2.77. The van der Waals surface area contributed by atoms with E-state index in [1.54, 1.807) is 11.3 Å². The van der Waals surface area contributed by atoms with Crippen LogP contribution in [-0.2, 0) is 16.0 Å². The molecule has 2 aliphatic rings. The van der Waals surface area contributed by atoms with Gasteiger partial charge in [0.25, 0.3) is 0 Å². The summed E-state index contributed by atoms with van der Waals surface area (Å²) in [6.07, 6.45) is 1.51. The molecule has 5 nitrogen and oxygen atoms in total. The van der Waals surface area contributed by atoms with E-state index in [1.807, 2.05) is 11.4 Å². The van der Waals surface area contributed by atoms with Gasteiger partial charge >= 0.3 is 0 Å². The number of carbonyl (C=O) groups excluding carboxylic acids is 2. The highest BCUT2D eigenvalue weighted by Crippen LogP contribution is 2.39. The number of thiophene rings is 1. The summed E-state index contributed by atoms with van der Waals surface area (Å²) in [6, 6.07) is 5.65. The maximum absolute atomic E-state index is 12.1. The van der Waals surface area contributed by atoms with E-state index in [2.05, 4.69) is 28.1 Å². The molecule has 0 saturated carbocycles. The smallest absolute Gasteiger partial charge is 0.242 e. The third-order valence-corrected chi connectivity index (χ3v) is 5.49. The van der Waals surface area contributed by atoms with Crippen LogP contribution >= 0.6 is 22.9 Å². The summed E-state index contributed by atoms with van der Waals surface area (Å²) >= 11 is 8.03. The Morgan fingerprint density at radius 2 is 2.28 bits per heavy atom. The molecular formula is C18H17ClN2O3S. The number of hydrogen-bond donors (Lipinski definition) is 2. The molecule has 0 spiro atoms. The van der Waals surface area contributed by atoms with Crippen LogP contribution in [0.2, 0.25) is 5.02 Å². The Kier molecular flexibility index (Phi) is 4.39. The maximum atomic E-state index is 12.1. The molecule has 1 fully saturated rings. The average Bonchev–Trinajstić information content (AvgIpc) is 3.32. The largest absolute Gasteiger partial charge is 0.486 e. The van der Waals surface area contributed by atoms with Gasteiger partial charge in [0.2, 0.25) is 11.8 Å². The Hall–Kier alpha value is -2.05. The Balaban J connectivity index is 1.40. The summed E-state index contributed by atoms with van der Waals surface area (Å²) in [6.45, 7) is 0.393. The van der Waals surface area contributed by atoms with Crippen LogP contribution in [0.1, 0.15) is 18.4 Å². The fourth-order valence-corrected chi connectivity index (χ4v) is 4.19. The lowest BCUT2D eigenvalue weighted by Crippen LogP contribution is -2.44. The van der Waals surface area contributed by atoms with Crippen molar-refractivity contribution in [1.29, 1.82) is 0 Å². The van der Waals surface area contributed by atoms with Crippen molar-refractivity contribution in [1.82, 2.24) is 10.6 Å². The molecule has 1 saturated heterocycles. The van der Waals surface area contributed by atoms with Gasteiger partial charge in [-0.2, -0.15) is 11.3 Å². The fourth-order valence-electron chi connectivity index (χ4n) is 3.25. The quantitative estimate of drug-likeness (QED) is 0.862. The molecule has 3 heterocycles. The highest BCUT2D eigenvalue weighted by Gasteiger charge is 2.30. The monoisotopic (exact) mass is 376 g/mol. The molecule has 0 aliphatic carbocycles. The maximum Gasteiger partial charge on any atom is 0.242 e. The van der Waals surface area contributed by atoms with E-state index in [0.717, 1.165) is 16.7 Å². The van der Waals surface area contributed by atoms with Crippen molar-refractivity contribution in [3.05, 3.63) is 39.5 Å². The average molecular weight is 377 g/mol. The summed E-state index contributed by atoms with van der Waals surface area (Å²) < 4.78 is 5.91. The van der Waals surface area contributed by atoms with Gasteiger partial charge in [0, 0.05) is 18.4 Å². The van der Waals surface area contributed by atoms with Crippen LogP contribution in [0.4, 0.5) is 0 Å². The molecule has 4 rings (SSSR count). The molecule has 2 aromatic rings. The van der Waals surface area contributed by atoms with Gasteiger partial charge in [0.15, 0.2) is 0 Å². The second-order valence-corrected chi connectivity index (χ2v) is 7.49. The van der Waals surface area contributed by atoms with Crippen molar-refractivity contribution in [3.63, 3.8) is 0 Å². The second kappa shape index (κ2) is 6.69. The van der Waals surface area contributed by atoms with Gasteiger partial charge in [-0.3, -0.25) is 9.59 Å². The van der Waals surface area contributed by atoms with E-state index in [-0.39, 0.29) is 17.9 Å². The van der Waals surface area contributed by atoms with E-state index >= 15 is 0 Å². The fraction of sp³-hybridized carbons (Fsp3) is 0.333. The van der Waals surface area contributed by atoms with Crippen LogP contribution in [0.15, 0.2) is 29.0 Å². The van der Waals surface area contributed by atoms with Crippen molar-refractivity contribution in [2.24, 2.45) is 0 Å². The van der Waals surface area contributed by atoms with Crippen LogP contribution in [0.25, 0.3) is 11.1 Å². The van der Waals surface area contributed by atoms with Gasteiger partial charge < -0.3 is 15.4 Å². The lowest BCUT2D eigenvalue weighted by molar-refractivity contribution is -0.126. The molecule has 7 heteroatoms. The van der Waals surface area contributed by atoms with Crippen molar-refractivity contribution in [2.75, 3.05) is 6.54 Å². The first-order chi connectivity index (χ1) is 12.1. The second-order valence-electron chi connectivity index (χ2n) is 6.31. The van der Waals surface area contributed by atoms with E-state index < -0.39 is 6.04 Å². The predicted molar refractivity (Wildman–Crippen MR) is 97.1 cm³/mol. The number of nitrogens with one attached hydrogen (secondary N) is 2. The van der Waals surface area contributed by atoms with Crippen LogP contribution in [0.3, 0.4) is 0 Å². The molecule has 0 radical (unpaired) electrons. The lowest BCUT2D eigenvalue weighted by atomic mass is 10.0. The zero-order valence-corrected chi connectivity index (χ0v) is 15.0. The Morgan fingerprint density at radius 3 is 3.00 bits per heavy atom. The molecule has 2 unspecified atom stereocenters. The minimum absolute atomic E-state index is 0.0718. The summed E-state index contributed by atoms with van der Waals surface area (Å²) in [5, 5.41) is 10.2. The lowest BCUT2D eigenvalue weighted by Gasteiger charge is -2.15. The van der Waals surface area contributed by atoms with Gasteiger partial charge in [-0.1, -0.05) is 11.6 Å². The Bertz CT molecular complexity index is 822. The van der Waals surface area contributed by atoms with Crippen LogP contribution < -0.4 is 15.4 Å². The number of benzene rings is 1. The minimum atomic E-state index is -0.426. The molecular weight excluding hydrogens is 360 g/mol. The van der Waals surface area contributed by atoms with Gasteiger partial charge in [0.05, 0.1) is 11.6 Å². The van der Waals surface area contributed by atoms with Gasteiger partial charge in [-0.25, -0.2) is 0 Å². The van der Waals surface area contributed by atoms with E-state index in [0.29, 0.717) is 36.6 Å². The number of hydrogen-bond acceptors (Lipinski definition) is 4. The Labute approximate surface area is 154 Å². The zero-order valence-electron chi connectivity index (χ0n) is 13.4. The van der Waals surface area contributed by atoms with Crippen molar-refractivity contribution in [2.45, 2.75) is 31.4 Å². The number of halogens is 1. The highest BCUT2D eigenvalue weighted by molar-refractivity contribution is 7.08. The third kappa shape index (κ3) is 3.37. The molecule has 2 N–H and O–H groups in total. The molecule has 25 heavy (non-hydrogen) atoms. The number of fused-ring (bicyclic) bond motifs is 1. The summed E-state index contributed by atoms with van der Waals surface area (Å²) in [7, 11) is 0. The summed E-state index contributed by atoms with van der Waals surface area (Å²) in [4.78, 5) is 23.3. The van der Waals surface area contributed by atoms with Gasteiger partial charge in [0.1, 0.15) is 17.9 Å². The molecule has 2 aliphatic heterocycles. The van der Waals surface area contributed by atoms with Gasteiger partial charge in [-0.15, -0.1) is 0 Å². The van der Waals surface area contributed by atoms with Crippen LogP contribution in [-0.4, -0.2) is 30.5 Å². The van der Waals surface area contributed by atoms with E-state index in [1.165, 1.54) is 0 Å². The first kappa shape index (κ1) is 16.4. The number of carbonyl (C=O) groups is 2. The van der Waals surface area contributed by atoms with Crippen molar-refractivity contribution >= 4 is 34.8 Å². The minimum Gasteiger partial charge on any atom is -0.486 e. The van der Waals surface area contributed by atoms with E-state index in [4.69, 9.17) is 16.3 Å². The number of rotatable bonds is 4. The normalized spacial score (nSPS) is 21.6. The number of ether oxygens (including phenoxy) is 1. The molecule has 2 amide bonds. The van der Waals surface area contributed by atoms with Crippen LogP contribution in [0, 0.1) is 0 Å². The van der Waals surface area contributed by atoms with Crippen molar-refractivity contribution < 1.29 is 14.3 Å². The Morgan fingerprint density at radius 1 is 1.40 bits per heavy atom. The zero-order chi connectivity index (χ0) is 17.4. The summed E-state index contributed by atoms with van der Waals surface area (Å²) in [5.41, 5.74) is 3.28. The topological polar surface area (TPSA) is 67.4 Å². The SMILES string of the molecule is O=C1CCC(C(=O)NCC2Cc3cc(-c4ccsc4)cc(Cl)c3O2)N1. The number of amides is 2. The molecule has 1 aromatic carbocycles. The molecule has 1 aromatic heterocycles. The standard InChI is InChI=1S/C18H17ClN2O3S/c19-14-7-11(10-3-4-25-9-10)5-12-6-13(24-17(12)14)8-20-18(23)15-1-2-16(22)21-15/h3-5,7,9,13,15H,1-2,6,8H2,(H,20,23)(H,21,22). The summed E-state index contributed by atoms with van der Waals surface area (Å²) in [5.74, 6) is 0.474. The third-order valence-electron chi connectivity index (χ3n) is 4.52. The van der Waals surface area contributed by atoms with Gasteiger partial charge in [-0.05, 0) is 46.5 Å². The molecule has 0 bridgehead atoms. The van der Waals surface area contributed by atoms with Crippen LogP contribution in [0.5, 0.6) is 5.75 Å². The van der Waals surface area contributed by atoms with Crippen molar-refractivity contribution in [3.8, 4) is 16.9 Å². The van der Waals surface area contributed by atoms with E-state index in [9.17, 15) is 9.59 Å². The molecule has 130 valence electrons. The molecule has 2 atom stereocenters. The first-order valence-corrected chi connectivity index (χ1v) is 9.51. The first-order valence-electron chi connectivity index (χ1n) is 8.19.